The first-order chi connectivity index (χ1) is 12.2. The number of anilines is 3. The molecule has 1 amide bonds. The molecule has 25 heavy (non-hydrogen) atoms. The maximum Gasteiger partial charge on any atom is 0.278 e. The molecular formula is C19H17FN4O. The van der Waals surface area contributed by atoms with E-state index in [2.05, 4.69) is 15.5 Å². The molecule has 1 N–H and O–H groups in total. The average Bonchev–Trinajstić information content (AvgIpc) is 2.64. The number of hydrogen-bond acceptors (Lipinski definition) is 4. The van der Waals surface area contributed by atoms with E-state index < -0.39 is 0 Å². The van der Waals surface area contributed by atoms with Gasteiger partial charge in [-0.25, -0.2) is 4.39 Å². The highest BCUT2D eigenvalue weighted by molar-refractivity contribution is 6.04. The van der Waals surface area contributed by atoms with Crippen LogP contribution in [0.4, 0.5) is 21.6 Å². The minimum absolute atomic E-state index is 0.224. The lowest BCUT2D eigenvalue weighted by Gasteiger charge is -2.20. The number of aromatic nitrogens is 2. The third kappa shape index (κ3) is 3.98. The lowest BCUT2D eigenvalue weighted by molar-refractivity contribution is 0.0982. The van der Waals surface area contributed by atoms with Gasteiger partial charge in [-0.15, -0.1) is 10.2 Å². The van der Waals surface area contributed by atoms with Crippen molar-refractivity contribution >= 4 is 23.1 Å². The summed E-state index contributed by atoms with van der Waals surface area (Å²) < 4.78 is 13.2. The molecule has 0 fully saturated rings. The third-order valence-corrected chi connectivity index (χ3v) is 3.61. The Kier molecular flexibility index (Phi) is 4.99. The zero-order valence-electron chi connectivity index (χ0n) is 13.7. The van der Waals surface area contributed by atoms with Gasteiger partial charge in [-0.2, -0.15) is 0 Å². The second-order valence-electron chi connectivity index (χ2n) is 5.32. The van der Waals surface area contributed by atoms with E-state index in [4.69, 9.17) is 0 Å². The van der Waals surface area contributed by atoms with Gasteiger partial charge in [0.15, 0.2) is 11.5 Å². The molecule has 0 saturated carbocycles. The van der Waals surface area contributed by atoms with E-state index in [1.54, 1.807) is 29.2 Å². The SMILES string of the molecule is CCN(C(=O)c1ccc(Nc2cccc(F)c2)nn1)c1ccccc1. The van der Waals surface area contributed by atoms with Gasteiger partial charge in [0.1, 0.15) is 5.82 Å². The van der Waals surface area contributed by atoms with Gasteiger partial charge in [0, 0.05) is 17.9 Å². The van der Waals surface area contributed by atoms with Crippen LogP contribution in [0.5, 0.6) is 0 Å². The van der Waals surface area contributed by atoms with Crippen molar-refractivity contribution in [3.8, 4) is 0 Å². The van der Waals surface area contributed by atoms with Gasteiger partial charge < -0.3 is 10.2 Å². The zero-order chi connectivity index (χ0) is 17.6. The predicted molar refractivity (Wildman–Crippen MR) is 95.5 cm³/mol. The standard InChI is InChI=1S/C19H17FN4O/c1-2-24(16-9-4-3-5-10-16)19(25)17-11-12-18(23-22-17)21-15-8-6-7-14(20)13-15/h3-13H,2H2,1H3,(H,21,23). The minimum Gasteiger partial charge on any atom is -0.339 e. The van der Waals surface area contributed by atoms with Crippen LogP contribution in [0, 0.1) is 5.82 Å². The number of hydrogen-bond donors (Lipinski definition) is 1. The number of nitrogens with one attached hydrogen (secondary N) is 1. The summed E-state index contributed by atoms with van der Waals surface area (Å²) >= 11 is 0. The number of carbonyl (C=O) groups excluding carboxylic acids is 1. The fourth-order valence-electron chi connectivity index (χ4n) is 2.42. The monoisotopic (exact) mass is 336 g/mol. The Balaban J connectivity index is 1.76. The Morgan fingerprint density at radius 2 is 1.84 bits per heavy atom. The molecule has 3 aromatic rings. The van der Waals surface area contributed by atoms with Gasteiger partial charge in [-0.05, 0) is 49.4 Å². The van der Waals surface area contributed by atoms with Gasteiger partial charge in [0.25, 0.3) is 5.91 Å². The van der Waals surface area contributed by atoms with Crippen LogP contribution in [-0.2, 0) is 0 Å². The summed E-state index contributed by atoms with van der Waals surface area (Å²) in [6.07, 6.45) is 0. The summed E-state index contributed by atoms with van der Waals surface area (Å²) in [6.45, 7) is 2.42. The number of halogens is 1. The maximum atomic E-state index is 13.2. The van der Waals surface area contributed by atoms with Gasteiger partial charge in [-0.3, -0.25) is 4.79 Å². The topological polar surface area (TPSA) is 58.1 Å². The summed E-state index contributed by atoms with van der Waals surface area (Å²) in [7, 11) is 0. The first-order valence-corrected chi connectivity index (χ1v) is 7.90. The third-order valence-electron chi connectivity index (χ3n) is 3.61. The minimum atomic E-state index is -0.341. The van der Waals surface area contributed by atoms with Gasteiger partial charge >= 0.3 is 0 Å². The summed E-state index contributed by atoms with van der Waals surface area (Å²) in [4.78, 5) is 14.3. The number of benzene rings is 2. The number of amides is 1. The van der Waals surface area contributed by atoms with Crippen LogP contribution in [0.25, 0.3) is 0 Å². The van der Waals surface area contributed by atoms with Crippen LogP contribution in [0.1, 0.15) is 17.4 Å². The zero-order valence-corrected chi connectivity index (χ0v) is 13.7. The highest BCUT2D eigenvalue weighted by atomic mass is 19.1. The van der Waals surface area contributed by atoms with E-state index in [9.17, 15) is 9.18 Å². The molecule has 2 aromatic carbocycles. The second kappa shape index (κ2) is 7.53. The second-order valence-corrected chi connectivity index (χ2v) is 5.32. The van der Waals surface area contributed by atoms with Crippen molar-refractivity contribution in [3.63, 3.8) is 0 Å². The fourth-order valence-corrected chi connectivity index (χ4v) is 2.42. The normalized spacial score (nSPS) is 10.3. The van der Waals surface area contributed by atoms with Crippen molar-refractivity contribution in [2.45, 2.75) is 6.92 Å². The van der Waals surface area contributed by atoms with Crippen molar-refractivity contribution in [2.24, 2.45) is 0 Å². The van der Waals surface area contributed by atoms with Crippen molar-refractivity contribution in [1.29, 1.82) is 0 Å². The van der Waals surface area contributed by atoms with E-state index in [0.717, 1.165) is 5.69 Å². The highest BCUT2D eigenvalue weighted by Crippen LogP contribution is 2.17. The molecule has 0 atom stereocenters. The molecule has 0 unspecified atom stereocenters. The number of rotatable bonds is 5. The average molecular weight is 336 g/mol. The van der Waals surface area contributed by atoms with E-state index in [-0.39, 0.29) is 17.4 Å². The first-order valence-electron chi connectivity index (χ1n) is 7.90. The van der Waals surface area contributed by atoms with E-state index in [1.807, 2.05) is 37.3 Å². The predicted octanol–water partition coefficient (Wildman–Crippen LogP) is 4.03. The van der Waals surface area contributed by atoms with E-state index in [1.165, 1.54) is 12.1 Å². The summed E-state index contributed by atoms with van der Waals surface area (Å²) in [5, 5.41) is 10.9. The molecule has 0 radical (unpaired) electrons. The Morgan fingerprint density at radius 1 is 1.04 bits per heavy atom. The molecule has 0 spiro atoms. The number of carbonyl (C=O) groups is 1. The van der Waals surface area contributed by atoms with Crippen LogP contribution in [-0.4, -0.2) is 22.6 Å². The first kappa shape index (κ1) is 16.6. The maximum absolute atomic E-state index is 13.2. The quantitative estimate of drug-likeness (QED) is 0.764. The lowest BCUT2D eigenvalue weighted by Crippen LogP contribution is -2.31. The van der Waals surface area contributed by atoms with Crippen molar-refractivity contribution in [2.75, 3.05) is 16.8 Å². The Labute approximate surface area is 145 Å². The molecule has 0 aliphatic rings. The van der Waals surface area contributed by atoms with Crippen LogP contribution < -0.4 is 10.2 Å². The van der Waals surface area contributed by atoms with Crippen LogP contribution in [0.2, 0.25) is 0 Å². The van der Waals surface area contributed by atoms with Gasteiger partial charge in [-0.1, -0.05) is 24.3 Å². The molecule has 0 aliphatic carbocycles. The molecule has 0 aliphatic heterocycles. The van der Waals surface area contributed by atoms with Crippen LogP contribution in [0.15, 0.2) is 66.7 Å². The highest BCUT2D eigenvalue weighted by Gasteiger charge is 2.17. The fraction of sp³-hybridized carbons (Fsp3) is 0.105. The smallest absolute Gasteiger partial charge is 0.278 e. The van der Waals surface area contributed by atoms with Gasteiger partial charge in [0.2, 0.25) is 0 Å². The Morgan fingerprint density at radius 3 is 2.48 bits per heavy atom. The number of nitrogens with zero attached hydrogens (tertiary/aromatic N) is 3. The molecule has 1 heterocycles. The molecule has 126 valence electrons. The molecule has 6 heteroatoms. The molecule has 0 bridgehead atoms. The number of para-hydroxylation sites is 1. The Bertz CT molecular complexity index is 853. The molecule has 3 rings (SSSR count). The van der Waals surface area contributed by atoms with Crippen LogP contribution in [0.3, 0.4) is 0 Å². The summed E-state index contributed by atoms with van der Waals surface area (Å²) in [5.74, 6) is -0.130. The molecule has 0 saturated heterocycles. The molecule has 5 nitrogen and oxygen atoms in total. The largest absolute Gasteiger partial charge is 0.339 e. The molecule has 1 aromatic heterocycles. The molecular weight excluding hydrogens is 319 g/mol. The summed E-state index contributed by atoms with van der Waals surface area (Å²) in [5.41, 5.74) is 1.61. The van der Waals surface area contributed by atoms with Crippen molar-refractivity contribution < 1.29 is 9.18 Å². The summed E-state index contributed by atoms with van der Waals surface area (Å²) in [6, 6.07) is 18.7. The van der Waals surface area contributed by atoms with E-state index >= 15 is 0 Å². The lowest BCUT2D eigenvalue weighted by atomic mass is 10.2. The van der Waals surface area contributed by atoms with Crippen molar-refractivity contribution in [3.05, 3.63) is 78.2 Å². The van der Waals surface area contributed by atoms with Crippen LogP contribution >= 0.6 is 0 Å². The van der Waals surface area contributed by atoms with Crippen molar-refractivity contribution in [1.82, 2.24) is 10.2 Å². The Hall–Kier alpha value is -3.28. The van der Waals surface area contributed by atoms with Gasteiger partial charge in [0.05, 0.1) is 0 Å². The van der Waals surface area contributed by atoms with E-state index in [0.29, 0.717) is 18.1 Å².